The van der Waals surface area contributed by atoms with Crippen molar-refractivity contribution in [1.82, 2.24) is 4.90 Å². The second-order valence-electron chi connectivity index (χ2n) is 4.90. The summed E-state index contributed by atoms with van der Waals surface area (Å²) in [6.07, 6.45) is 0. The molecule has 1 heterocycles. The number of piperazine rings is 1. The SMILES string of the molecule is COCC(=O)N1CCN(c2ccc(C(C)=O)cc2)CC1. The zero-order chi connectivity index (χ0) is 14.5. The smallest absolute Gasteiger partial charge is 0.248 e. The van der Waals surface area contributed by atoms with Gasteiger partial charge in [-0.25, -0.2) is 0 Å². The minimum atomic E-state index is 0.0408. The zero-order valence-corrected chi connectivity index (χ0v) is 12.0. The molecule has 0 bridgehead atoms. The van der Waals surface area contributed by atoms with Crippen molar-refractivity contribution in [3.05, 3.63) is 29.8 Å². The van der Waals surface area contributed by atoms with Crippen molar-refractivity contribution in [2.24, 2.45) is 0 Å². The van der Waals surface area contributed by atoms with Crippen LogP contribution >= 0.6 is 0 Å². The van der Waals surface area contributed by atoms with Gasteiger partial charge in [0.15, 0.2) is 5.78 Å². The van der Waals surface area contributed by atoms with Crippen LogP contribution in [-0.2, 0) is 9.53 Å². The number of ether oxygens (including phenoxy) is 1. The highest BCUT2D eigenvalue weighted by atomic mass is 16.5. The van der Waals surface area contributed by atoms with Crippen molar-refractivity contribution in [1.29, 1.82) is 0 Å². The third kappa shape index (κ3) is 3.36. The van der Waals surface area contributed by atoms with Gasteiger partial charge in [-0.2, -0.15) is 0 Å². The first-order valence-corrected chi connectivity index (χ1v) is 6.74. The summed E-state index contributed by atoms with van der Waals surface area (Å²) in [7, 11) is 1.53. The number of hydrogen-bond acceptors (Lipinski definition) is 4. The quantitative estimate of drug-likeness (QED) is 0.775. The molecule has 0 spiro atoms. The molecule has 108 valence electrons. The molecule has 0 N–H and O–H groups in total. The first kappa shape index (κ1) is 14.5. The van der Waals surface area contributed by atoms with E-state index in [9.17, 15) is 9.59 Å². The third-order valence-electron chi connectivity index (χ3n) is 3.54. The molecule has 1 aromatic rings. The summed E-state index contributed by atoms with van der Waals surface area (Å²) < 4.78 is 4.87. The molecule has 1 fully saturated rings. The van der Waals surface area contributed by atoms with Gasteiger partial charge in [0.1, 0.15) is 6.61 Å². The summed E-state index contributed by atoms with van der Waals surface area (Å²) in [4.78, 5) is 27.0. The van der Waals surface area contributed by atoms with E-state index in [1.807, 2.05) is 29.2 Å². The van der Waals surface area contributed by atoms with E-state index >= 15 is 0 Å². The van der Waals surface area contributed by atoms with Crippen LogP contribution in [0.1, 0.15) is 17.3 Å². The summed E-state index contributed by atoms with van der Waals surface area (Å²) in [5.41, 5.74) is 1.82. The minimum Gasteiger partial charge on any atom is -0.375 e. The van der Waals surface area contributed by atoms with E-state index in [1.165, 1.54) is 7.11 Å². The standard InChI is InChI=1S/C15H20N2O3/c1-12(18)13-3-5-14(6-4-13)16-7-9-17(10-8-16)15(19)11-20-2/h3-6H,7-11H2,1-2H3. The van der Waals surface area contributed by atoms with Gasteiger partial charge < -0.3 is 14.5 Å². The van der Waals surface area contributed by atoms with Crippen LogP contribution in [0.2, 0.25) is 0 Å². The maximum absolute atomic E-state index is 11.7. The van der Waals surface area contributed by atoms with Crippen molar-refractivity contribution >= 4 is 17.4 Å². The molecule has 0 atom stereocenters. The van der Waals surface area contributed by atoms with E-state index in [-0.39, 0.29) is 18.3 Å². The fourth-order valence-electron chi connectivity index (χ4n) is 2.34. The Hall–Kier alpha value is -1.88. The molecule has 0 aromatic heterocycles. The molecule has 0 saturated carbocycles. The average Bonchev–Trinajstić information content (AvgIpc) is 2.48. The monoisotopic (exact) mass is 276 g/mol. The van der Waals surface area contributed by atoms with Crippen LogP contribution in [0.3, 0.4) is 0 Å². The summed E-state index contributed by atoms with van der Waals surface area (Å²) in [6, 6.07) is 7.62. The molecule has 1 aromatic carbocycles. The number of carbonyl (C=O) groups is 2. The zero-order valence-electron chi connectivity index (χ0n) is 12.0. The van der Waals surface area contributed by atoms with Gasteiger partial charge in [-0.1, -0.05) is 0 Å². The van der Waals surface area contributed by atoms with E-state index in [0.29, 0.717) is 13.1 Å². The van der Waals surface area contributed by atoms with Gasteiger partial charge in [-0.05, 0) is 31.2 Å². The number of hydrogen-bond donors (Lipinski definition) is 0. The lowest BCUT2D eigenvalue weighted by Gasteiger charge is -2.36. The fraction of sp³-hybridized carbons (Fsp3) is 0.467. The van der Waals surface area contributed by atoms with Gasteiger partial charge in [-0.15, -0.1) is 0 Å². The van der Waals surface area contributed by atoms with Gasteiger partial charge in [0.05, 0.1) is 0 Å². The first-order valence-electron chi connectivity index (χ1n) is 6.74. The fourth-order valence-corrected chi connectivity index (χ4v) is 2.34. The normalized spacial score (nSPS) is 15.3. The molecule has 0 radical (unpaired) electrons. The molecule has 5 nitrogen and oxygen atoms in total. The molecule has 1 saturated heterocycles. The van der Waals surface area contributed by atoms with Gasteiger partial charge in [0.2, 0.25) is 5.91 Å². The maximum atomic E-state index is 11.7. The molecule has 0 unspecified atom stereocenters. The lowest BCUT2D eigenvalue weighted by Crippen LogP contribution is -2.49. The Morgan fingerprint density at radius 1 is 1.10 bits per heavy atom. The Labute approximate surface area is 119 Å². The van der Waals surface area contributed by atoms with Gasteiger partial charge in [0.25, 0.3) is 0 Å². The van der Waals surface area contributed by atoms with Crippen molar-refractivity contribution in [3.63, 3.8) is 0 Å². The van der Waals surface area contributed by atoms with Crippen LogP contribution in [0, 0.1) is 0 Å². The Kier molecular flexibility index (Phi) is 4.74. The molecule has 1 amide bonds. The highest BCUT2D eigenvalue weighted by molar-refractivity contribution is 5.94. The molecular weight excluding hydrogens is 256 g/mol. The number of methoxy groups -OCH3 is 1. The first-order chi connectivity index (χ1) is 9.61. The van der Waals surface area contributed by atoms with Crippen molar-refractivity contribution < 1.29 is 14.3 Å². The molecular formula is C15H20N2O3. The predicted octanol–water partition coefficient (Wildman–Crippen LogP) is 1.18. The Bertz CT molecular complexity index is 476. The highest BCUT2D eigenvalue weighted by Gasteiger charge is 2.20. The van der Waals surface area contributed by atoms with Gasteiger partial charge in [-0.3, -0.25) is 9.59 Å². The Balaban J connectivity index is 1.93. The number of nitrogens with zero attached hydrogens (tertiary/aromatic N) is 2. The number of benzene rings is 1. The second kappa shape index (κ2) is 6.52. The molecule has 0 aliphatic carbocycles. The summed E-state index contributed by atoms with van der Waals surface area (Å²) in [5, 5.41) is 0. The average molecular weight is 276 g/mol. The lowest BCUT2D eigenvalue weighted by atomic mass is 10.1. The van der Waals surface area contributed by atoms with Crippen LogP contribution < -0.4 is 4.90 Å². The van der Waals surface area contributed by atoms with Crippen LogP contribution in [0.25, 0.3) is 0 Å². The van der Waals surface area contributed by atoms with E-state index in [0.717, 1.165) is 24.3 Å². The molecule has 20 heavy (non-hydrogen) atoms. The number of amides is 1. The van der Waals surface area contributed by atoms with E-state index in [1.54, 1.807) is 6.92 Å². The number of carbonyl (C=O) groups excluding carboxylic acids is 2. The maximum Gasteiger partial charge on any atom is 0.248 e. The number of rotatable bonds is 4. The van der Waals surface area contributed by atoms with E-state index in [4.69, 9.17) is 4.74 Å². The topological polar surface area (TPSA) is 49.9 Å². The van der Waals surface area contributed by atoms with Crippen molar-refractivity contribution in [3.8, 4) is 0 Å². The van der Waals surface area contributed by atoms with Crippen molar-refractivity contribution in [2.75, 3.05) is 44.8 Å². The minimum absolute atomic E-state index is 0.0408. The molecule has 1 aliphatic heterocycles. The largest absolute Gasteiger partial charge is 0.375 e. The number of ketones is 1. The third-order valence-corrected chi connectivity index (χ3v) is 3.54. The van der Waals surface area contributed by atoms with E-state index in [2.05, 4.69) is 4.90 Å². The Morgan fingerprint density at radius 2 is 1.70 bits per heavy atom. The number of Topliss-reactive ketones (excluding diaryl/α,β-unsaturated/α-hetero) is 1. The second-order valence-corrected chi connectivity index (χ2v) is 4.90. The van der Waals surface area contributed by atoms with Crippen LogP contribution in [0.15, 0.2) is 24.3 Å². The Morgan fingerprint density at radius 3 is 2.20 bits per heavy atom. The van der Waals surface area contributed by atoms with Gasteiger partial charge >= 0.3 is 0 Å². The number of anilines is 1. The summed E-state index contributed by atoms with van der Waals surface area (Å²) in [6.45, 7) is 4.72. The van der Waals surface area contributed by atoms with Gasteiger partial charge in [0, 0.05) is 44.5 Å². The molecule has 5 heteroatoms. The van der Waals surface area contributed by atoms with Crippen molar-refractivity contribution in [2.45, 2.75) is 6.92 Å². The van der Waals surface area contributed by atoms with Crippen LogP contribution in [0.5, 0.6) is 0 Å². The summed E-state index contributed by atoms with van der Waals surface area (Å²) >= 11 is 0. The molecule has 2 rings (SSSR count). The predicted molar refractivity (Wildman–Crippen MR) is 77.1 cm³/mol. The van der Waals surface area contributed by atoms with E-state index < -0.39 is 0 Å². The lowest BCUT2D eigenvalue weighted by molar-refractivity contribution is -0.135. The summed E-state index contributed by atoms with van der Waals surface area (Å²) in [5.74, 6) is 0.116. The van der Waals surface area contributed by atoms with Crippen LogP contribution in [-0.4, -0.2) is 56.5 Å². The molecule has 1 aliphatic rings. The highest BCUT2D eigenvalue weighted by Crippen LogP contribution is 2.17. The van der Waals surface area contributed by atoms with Crippen LogP contribution in [0.4, 0.5) is 5.69 Å².